The van der Waals surface area contributed by atoms with Crippen LogP contribution in [-0.4, -0.2) is 47.6 Å². The van der Waals surface area contributed by atoms with Gasteiger partial charge in [0.15, 0.2) is 6.10 Å². The van der Waals surface area contributed by atoms with Crippen LogP contribution in [0.1, 0.15) is 149 Å². The Kier molecular flexibility index (Phi) is 33.6. The molecule has 274 valence electrons. The van der Waals surface area contributed by atoms with Crippen molar-refractivity contribution in [3.63, 3.8) is 0 Å². The van der Waals surface area contributed by atoms with E-state index in [0.29, 0.717) is 19.3 Å². The van der Waals surface area contributed by atoms with Crippen LogP contribution < -0.4 is 0 Å². The third kappa shape index (κ3) is 34.6. The van der Waals surface area contributed by atoms with Crippen LogP contribution in [0.25, 0.3) is 0 Å². The molecule has 0 bridgehead atoms. The predicted molar refractivity (Wildman–Crippen MR) is 202 cm³/mol. The van der Waals surface area contributed by atoms with Gasteiger partial charge >= 0.3 is 11.9 Å². The molecule has 0 aliphatic heterocycles. The second-order valence-corrected chi connectivity index (χ2v) is 13.0. The number of ether oxygens (including phenoxy) is 2. The van der Waals surface area contributed by atoms with Crippen molar-refractivity contribution in [2.45, 2.75) is 161 Å². The molecular weight excluding hydrogens is 600 g/mol. The molecule has 0 aliphatic carbocycles. The summed E-state index contributed by atoms with van der Waals surface area (Å²) in [6, 6.07) is 0. The van der Waals surface area contributed by atoms with E-state index in [1.807, 2.05) is 36.5 Å². The summed E-state index contributed by atoms with van der Waals surface area (Å²) in [5.74, 6) is 0.101. The average Bonchev–Trinajstić information content (AvgIpc) is 3.07. The number of allylic oxidation sites excluding steroid dienone is 10. The van der Waals surface area contributed by atoms with Crippen LogP contribution in [0.5, 0.6) is 0 Å². The zero-order chi connectivity index (χ0) is 35.3. The molecule has 0 saturated heterocycles. The van der Waals surface area contributed by atoms with Crippen molar-refractivity contribution in [1.82, 2.24) is 0 Å². The highest BCUT2D eigenvalue weighted by atomic mass is 16.6. The summed E-state index contributed by atoms with van der Waals surface area (Å²) >= 11 is 0. The van der Waals surface area contributed by atoms with Gasteiger partial charge in [0.1, 0.15) is 6.61 Å². The molecule has 2 atom stereocenters. The van der Waals surface area contributed by atoms with Gasteiger partial charge in [-0.25, -0.2) is 0 Å². The molecule has 48 heavy (non-hydrogen) atoms. The molecule has 6 heteroatoms. The summed E-state index contributed by atoms with van der Waals surface area (Å²) < 4.78 is 10.5. The first kappa shape index (κ1) is 45.3. The summed E-state index contributed by atoms with van der Waals surface area (Å²) in [7, 11) is 0. The average molecular weight is 671 g/mol. The molecule has 6 nitrogen and oxygen atoms in total. The molecular formula is C42H70O6. The first-order valence-corrected chi connectivity index (χ1v) is 19.0. The normalized spacial score (nSPS) is 13.8. The van der Waals surface area contributed by atoms with Crippen molar-refractivity contribution < 1.29 is 29.3 Å². The fourth-order valence-corrected chi connectivity index (χ4v) is 4.91. The van der Waals surface area contributed by atoms with Crippen LogP contribution in [0, 0.1) is 5.92 Å². The van der Waals surface area contributed by atoms with Crippen LogP contribution in [0.3, 0.4) is 0 Å². The van der Waals surface area contributed by atoms with Crippen molar-refractivity contribution in [2.24, 2.45) is 5.92 Å². The summed E-state index contributed by atoms with van der Waals surface area (Å²) in [6.45, 7) is 6.21. The highest BCUT2D eigenvalue weighted by Gasteiger charge is 2.15. The van der Waals surface area contributed by atoms with Gasteiger partial charge < -0.3 is 19.7 Å². The van der Waals surface area contributed by atoms with Crippen molar-refractivity contribution in [1.29, 1.82) is 0 Å². The second kappa shape index (κ2) is 35.6. The highest BCUT2D eigenvalue weighted by Crippen LogP contribution is 2.14. The Labute approximate surface area is 294 Å². The Morgan fingerprint density at radius 1 is 0.646 bits per heavy atom. The SMILES string of the molecule is CC/C=C\C/C=C\CC(O)/C=C/C=C\C/C=C\C/C=C\CCC(=O)O[C@@H](CO)COC(=O)CCCCCCCCCCCCCC(C)C. The van der Waals surface area contributed by atoms with Gasteiger partial charge in [0.2, 0.25) is 0 Å². The lowest BCUT2D eigenvalue weighted by molar-refractivity contribution is -0.161. The van der Waals surface area contributed by atoms with Crippen LogP contribution in [-0.2, 0) is 19.1 Å². The van der Waals surface area contributed by atoms with Gasteiger partial charge in [-0.2, -0.15) is 0 Å². The molecule has 0 aromatic carbocycles. The lowest BCUT2D eigenvalue weighted by atomic mass is 10.0. The monoisotopic (exact) mass is 671 g/mol. The van der Waals surface area contributed by atoms with Gasteiger partial charge in [0, 0.05) is 12.8 Å². The molecule has 0 rings (SSSR count). The second-order valence-electron chi connectivity index (χ2n) is 13.0. The molecule has 0 heterocycles. The topological polar surface area (TPSA) is 93.1 Å². The number of unbranched alkanes of at least 4 members (excludes halogenated alkanes) is 10. The summed E-state index contributed by atoms with van der Waals surface area (Å²) in [4.78, 5) is 24.2. The van der Waals surface area contributed by atoms with Gasteiger partial charge in [-0.15, -0.1) is 0 Å². The van der Waals surface area contributed by atoms with Crippen LogP contribution in [0.4, 0.5) is 0 Å². The van der Waals surface area contributed by atoms with E-state index in [9.17, 15) is 19.8 Å². The van der Waals surface area contributed by atoms with Crippen molar-refractivity contribution in [2.75, 3.05) is 13.2 Å². The third-order valence-electron chi connectivity index (χ3n) is 7.79. The Bertz CT molecular complexity index is 926. The van der Waals surface area contributed by atoms with Gasteiger partial charge in [-0.3, -0.25) is 9.59 Å². The molecule has 0 spiro atoms. The Morgan fingerprint density at radius 3 is 1.83 bits per heavy atom. The van der Waals surface area contributed by atoms with E-state index in [2.05, 4.69) is 51.2 Å². The summed E-state index contributed by atoms with van der Waals surface area (Å²) in [5.41, 5.74) is 0. The maximum Gasteiger partial charge on any atom is 0.306 e. The molecule has 0 saturated carbocycles. The first-order chi connectivity index (χ1) is 23.4. The third-order valence-corrected chi connectivity index (χ3v) is 7.79. The minimum atomic E-state index is -0.829. The number of rotatable bonds is 32. The van der Waals surface area contributed by atoms with E-state index in [1.165, 1.54) is 57.8 Å². The molecule has 1 unspecified atom stereocenters. The molecule has 0 radical (unpaired) electrons. The van der Waals surface area contributed by atoms with Crippen LogP contribution >= 0.6 is 0 Å². The highest BCUT2D eigenvalue weighted by molar-refractivity contribution is 5.70. The lowest BCUT2D eigenvalue weighted by Gasteiger charge is -2.15. The standard InChI is InChI=1S/C42H70O6/c1-4-5-6-7-22-27-32-39(44)33-28-23-18-14-11-12-16-20-25-30-35-42(46)48-40(36-43)37-47-41(45)34-29-24-19-15-10-8-9-13-17-21-26-31-38(2)3/h5-6,11-12,18,20,22-23,25,27-28,33,38-40,43-44H,4,7-10,13-17,19,21,24,26,29-32,34-37H2,1-3H3/b6-5-,12-11-,23-18-,25-20-,27-22-,33-28+/t39?,40-/m0/s1. The summed E-state index contributed by atoms with van der Waals surface area (Å²) in [6.07, 6.45) is 42.9. The molecule has 0 aromatic rings. The maximum absolute atomic E-state index is 12.1. The quantitative estimate of drug-likeness (QED) is 0.0320. The Hall–Kier alpha value is -2.70. The van der Waals surface area contributed by atoms with Crippen molar-refractivity contribution >= 4 is 11.9 Å². The molecule has 0 amide bonds. The summed E-state index contributed by atoms with van der Waals surface area (Å²) in [5, 5.41) is 19.5. The fraction of sp³-hybridized carbons (Fsp3) is 0.667. The molecule has 0 fully saturated rings. The van der Waals surface area contributed by atoms with E-state index in [1.54, 1.807) is 6.08 Å². The predicted octanol–water partition coefficient (Wildman–Crippen LogP) is 10.6. The van der Waals surface area contributed by atoms with E-state index in [0.717, 1.165) is 50.9 Å². The first-order valence-electron chi connectivity index (χ1n) is 19.0. The zero-order valence-electron chi connectivity index (χ0n) is 30.7. The lowest BCUT2D eigenvalue weighted by Crippen LogP contribution is -2.28. The number of carbonyl (C=O) groups excluding carboxylic acids is 2. The number of aliphatic hydroxyl groups excluding tert-OH is 2. The van der Waals surface area contributed by atoms with Crippen LogP contribution in [0.2, 0.25) is 0 Å². The Morgan fingerprint density at radius 2 is 1.21 bits per heavy atom. The number of carbonyl (C=O) groups is 2. The van der Waals surface area contributed by atoms with Crippen LogP contribution in [0.15, 0.2) is 72.9 Å². The van der Waals surface area contributed by atoms with Gasteiger partial charge in [-0.1, -0.05) is 164 Å². The van der Waals surface area contributed by atoms with E-state index in [-0.39, 0.29) is 25.6 Å². The van der Waals surface area contributed by atoms with Crippen molar-refractivity contribution in [3.8, 4) is 0 Å². The maximum atomic E-state index is 12.1. The smallest absolute Gasteiger partial charge is 0.306 e. The number of aliphatic hydroxyl groups is 2. The zero-order valence-corrected chi connectivity index (χ0v) is 30.7. The van der Waals surface area contributed by atoms with E-state index in [4.69, 9.17) is 9.47 Å². The van der Waals surface area contributed by atoms with E-state index >= 15 is 0 Å². The van der Waals surface area contributed by atoms with Gasteiger partial charge in [0.05, 0.1) is 12.7 Å². The fourth-order valence-electron chi connectivity index (χ4n) is 4.91. The molecule has 0 aromatic heterocycles. The van der Waals surface area contributed by atoms with Crippen molar-refractivity contribution in [3.05, 3.63) is 72.9 Å². The van der Waals surface area contributed by atoms with Gasteiger partial charge in [-0.05, 0) is 50.9 Å². The van der Waals surface area contributed by atoms with Gasteiger partial charge in [0.25, 0.3) is 0 Å². The number of hydrogen-bond acceptors (Lipinski definition) is 6. The Balaban J connectivity index is 3.80. The number of esters is 2. The minimum absolute atomic E-state index is 0.113. The minimum Gasteiger partial charge on any atom is -0.462 e. The molecule has 2 N–H and O–H groups in total. The molecule has 0 aliphatic rings. The largest absolute Gasteiger partial charge is 0.462 e. The van der Waals surface area contributed by atoms with E-state index < -0.39 is 18.2 Å². The number of hydrogen-bond donors (Lipinski definition) is 2.